The van der Waals surface area contributed by atoms with Crippen LogP contribution in [0.1, 0.15) is 36.3 Å². The van der Waals surface area contributed by atoms with E-state index in [9.17, 15) is 0 Å². The predicted molar refractivity (Wildman–Crippen MR) is 122 cm³/mol. The Balaban J connectivity index is 0.00000193. The van der Waals surface area contributed by atoms with Crippen molar-refractivity contribution in [3.05, 3.63) is 119 Å². The number of fused-ring (bicyclic) bond motifs is 5. The maximum absolute atomic E-state index is 2.38. The third-order valence-electron chi connectivity index (χ3n) is 6.89. The molecule has 0 heterocycles. The van der Waals surface area contributed by atoms with Crippen LogP contribution in [-0.4, -0.2) is 0 Å². The summed E-state index contributed by atoms with van der Waals surface area (Å²) in [6, 6.07) is 26.9. The Morgan fingerprint density at radius 1 is 0.667 bits per heavy atom. The Hall–Kier alpha value is -2.25. The van der Waals surface area contributed by atoms with Crippen molar-refractivity contribution in [2.45, 2.75) is 25.2 Å². The average Bonchev–Trinajstić information content (AvgIpc) is 3.28. The van der Waals surface area contributed by atoms with E-state index in [2.05, 4.69) is 97.1 Å². The molecule has 3 aromatic carbocycles. The monoisotopic (exact) mass is 552 g/mol. The van der Waals surface area contributed by atoms with Crippen molar-refractivity contribution in [2.75, 3.05) is 0 Å². The summed E-state index contributed by atoms with van der Waals surface area (Å²) < 4.78 is 0. The predicted octanol–water partition coefficient (Wildman–Crippen LogP) is 5.72. The van der Waals surface area contributed by atoms with Gasteiger partial charge >= 0.3 is 0 Å². The molecular weight excluding hydrogens is 527 g/mol. The van der Waals surface area contributed by atoms with Crippen LogP contribution < -0.4 is 10.4 Å². The van der Waals surface area contributed by atoms with Crippen molar-refractivity contribution in [3.8, 4) is 11.1 Å². The minimum Gasteiger partial charge on any atom is -0.0729 e. The molecule has 0 saturated heterocycles. The minimum atomic E-state index is 0. The van der Waals surface area contributed by atoms with Gasteiger partial charge in [-0.05, 0) is 57.5 Å². The molecule has 0 bridgehead atoms. The van der Waals surface area contributed by atoms with Crippen molar-refractivity contribution in [2.24, 2.45) is 5.92 Å². The quantitative estimate of drug-likeness (QED) is 0.364. The van der Waals surface area contributed by atoms with E-state index in [1.54, 1.807) is 5.57 Å². The van der Waals surface area contributed by atoms with Crippen molar-refractivity contribution in [1.29, 1.82) is 0 Å². The zero-order valence-corrected chi connectivity index (χ0v) is 20.6. The Kier molecular flexibility index (Phi) is 5.33. The number of benzene rings is 3. The molecule has 0 nitrogen and oxygen atoms in total. The van der Waals surface area contributed by atoms with Crippen LogP contribution in [0.25, 0.3) is 22.3 Å². The van der Waals surface area contributed by atoms with Crippen LogP contribution in [0.3, 0.4) is 0 Å². The van der Waals surface area contributed by atoms with Gasteiger partial charge in [0.15, 0.2) is 0 Å². The Morgan fingerprint density at radius 3 is 2.03 bits per heavy atom. The third kappa shape index (κ3) is 3.06. The summed E-state index contributed by atoms with van der Waals surface area (Å²) in [5.74, 6) is 1.01. The topological polar surface area (TPSA) is 0 Å². The van der Waals surface area contributed by atoms with E-state index in [0.717, 1.165) is 0 Å². The summed E-state index contributed by atoms with van der Waals surface area (Å²) in [5.41, 5.74) is 8.98. The first-order valence-electron chi connectivity index (χ1n) is 10.8. The minimum absolute atomic E-state index is 0. The largest absolute Gasteiger partial charge is 0.0729 e. The van der Waals surface area contributed by atoms with Gasteiger partial charge < -0.3 is 0 Å². The molecule has 1 unspecified atom stereocenters. The molecule has 3 aromatic rings. The fourth-order valence-electron chi connectivity index (χ4n) is 5.64. The molecule has 0 N–H and O–H groups in total. The van der Waals surface area contributed by atoms with Gasteiger partial charge in [-0.15, -0.1) is 0 Å². The van der Waals surface area contributed by atoms with E-state index < -0.39 is 0 Å². The van der Waals surface area contributed by atoms with E-state index >= 15 is 0 Å². The van der Waals surface area contributed by atoms with Crippen LogP contribution in [0, 0.1) is 5.92 Å². The van der Waals surface area contributed by atoms with Crippen molar-refractivity contribution < 1.29 is 25.8 Å². The van der Waals surface area contributed by atoms with Gasteiger partial charge in [-0.2, -0.15) is 0 Å². The van der Waals surface area contributed by atoms with Crippen molar-refractivity contribution in [3.63, 3.8) is 0 Å². The van der Waals surface area contributed by atoms with E-state index in [-0.39, 0.29) is 25.8 Å². The third-order valence-corrected chi connectivity index (χ3v) is 6.89. The molecular formula is C29H24Hf. The van der Waals surface area contributed by atoms with Gasteiger partial charge in [0.05, 0.1) is 0 Å². The first-order valence-corrected chi connectivity index (χ1v) is 10.8. The number of allylic oxidation sites excluding steroid dienone is 4. The zero-order chi connectivity index (χ0) is 19.2. The number of rotatable bonds is 4. The Bertz CT molecular complexity index is 1250. The van der Waals surface area contributed by atoms with Crippen LogP contribution in [0.4, 0.5) is 0 Å². The second-order valence-corrected chi connectivity index (χ2v) is 8.37. The van der Waals surface area contributed by atoms with Gasteiger partial charge in [-0.25, -0.2) is 0 Å². The molecule has 0 radical (unpaired) electrons. The normalized spacial score (nSPS) is 17.9. The van der Waals surface area contributed by atoms with Gasteiger partial charge in [-0.1, -0.05) is 103 Å². The summed E-state index contributed by atoms with van der Waals surface area (Å²) in [7, 11) is 0. The molecule has 30 heavy (non-hydrogen) atoms. The van der Waals surface area contributed by atoms with Gasteiger partial charge in [0, 0.05) is 37.7 Å². The summed E-state index contributed by atoms with van der Waals surface area (Å²) in [4.78, 5) is 0. The molecule has 6 rings (SSSR count). The molecule has 0 aromatic heterocycles. The summed E-state index contributed by atoms with van der Waals surface area (Å²) in [6.45, 7) is 0. The first kappa shape index (κ1) is 19.7. The standard InChI is InChI=1S/C29H24.Hf/c1-5-14-24-20(10-1)21-11-2-6-15-25(21)28(24)18-9-19-29-26-16-7-3-12-22(26)23-13-4-8-17-27(23)29;/h1-8,10-17,24,29H,9,18-19H2;. The average molecular weight is 551 g/mol. The molecule has 0 saturated carbocycles. The maximum atomic E-state index is 2.38. The van der Waals surface area contributed by atoms with Gasteiger partial charge in [0.1, 0.15) is 0 Å². The number of hydrogen-bond acceptors (Lipinski definition) is 0. The fraction of sp³-hybridized carbons (Fsp3) is 0.172. The van der Waals surface area contributed by atoms with Gasteiger partial charge in [0.25, 0.3) is 0 Å². The first-order chi connectivity index (χ1) is 14.4. The van der Waals surface area contributed by atoms with E-state index in [1.165, 1.54) is 57.5 Å². The molecule has 0 spiro atoms. The van der Waals surface area contributed by atoms with E-state index in [1.807, 2.05) is 0 Å². The smallest absolute Gasteiger partial charge is 0.0246 e. The SMILES string of the molecule is C1=CC2=c3ccccc3=C(CCCC3c4ccccc4-c4ccccc43)C2C=C1.[Hf]. The molecule has 1 atom stereocenters. The van der Waals surface area contributed by atoms with Crippen LogP contribution >= 0.6 is 0 Å². The number of hydrogen-bond donors (Lipinski definition) is 0. The molecule has 144 valence electrons. The Labute approximate surface area is 197 Å². The molecule has 3 aliphatic carbocycles. The molecule has 3 aliphatic rings. The molecule has 1 heteroatoms. The van der Waals surface area contributed by atoms with Crippen molar-refractivity contribution >= 4 is 11.1 Å². The van der Waals surface area contributed by atoms with Gasteiger partial charge in [-0.3, -0.25) is 0 Å². The second kappa shape index (κ2) is 8.12. The molecule has 0 aliphatic heterocycles. The fourth-order valence-corrected chi connectivity index (χ4v) is 5.64. The summed E-state index contributed by atoms with van der Waals surface area (Å²) in [6.07, 6.45) is 12.7. The zero-order valence-electron chi connectivity index (χ0n) is 17.0. The molecule has 0 amide bonds. The second-order valence-electron chi connectivity index (χ2n) is 8.37. The van der Waals surface area contributed by atoms with E-state index in [0.29, 0.717) is 11.8 Å². The van der Waals surface area contributed by atoms with E-state index in [4.69, 9.17) is 0 Å². The van der Waals surface area contributed by atoms with Crippen LogP contribution in [0.5, 0.6) is 0 Å². The summed E-state index contributed by atoms with van der Waals surface area (Å²) in [5, 5.41) is 2.90. The maximum Gasteiger partial charge on any atom is 0.0246 e. The summed E-state index contributed by atoms with van der Waals surface area (Å²) >= 11 is 0. The van der Waals surface area contributed by atoms with Crippen LogP contribution in [0.2, 0.25) is 0 Å². The van der Waals surface area contributed by atoms with Crippen LogP contribution in [0.15, 0.2) is 97.1 Å². The molecule has 0 fully saturated rings. The van der Waals surface area contributed by atoms with Crippen LogP contribution in [-0.2, 0) is 25.8 Å². The van der Waals surface area contributed by atoms with Crippen molar-refractivity contribution in [1.82, 2.24) is 0 Å². The van der Waals surface area contributed by atoms with Gasteiger partial charge in [0.2, 0.25) is 0 Å². The Morgan fingerprint density at radius 2 is 1.30 bits per heavy atom.